The van der Waals surface area contributed by atoms with Crippen LogP contribution in [0, 0.1) is 5.82 Å². The Kier molecular flexibility index (Phi) is 4.73. The number of ether oxygens (including phenoxy) is 1. The molecule has 22 heavy (non-hydrogen) atoms. The normalized spacial score (nSPS) is 11.5. The predicted molar refractivity (Wildman–Crippen MR) is 78.0 cm³/mol. The molecule has 1 amide bonds. The summed E-state index contributed by atoms with van der Waals surface area (Å²) in [5.74, 6) is -2.34. The zero-order chi connectivity index (χ0) is 16.1. The number of rotatable bonds is 4. The van der Waals surface area contributed by atoms with Crippen LogP contribution in [0.4, 0.5) is 10.1 Å². The molecule has 1 atom stereocenters. The van der Waals surface area contributed by atoms with Crippen molar-refractivity contribution in [2.75, 3.05) is 5.32 Å². The van der Waals surface area contributed by atoms with Gasteiger partial charge in [0.15, 0.2) is 6.10 Å². The number of nitrogens with one attached hydrogen (secondary N) is 1. The van der Waals surface area contributed by atoms with Crippen LogP contribution in [0.3, 0.4) is 0 Å². The Balaban J connectivity index is 2.01. The molecular formula is C16H14FNO4. The van der Waals surface area contributed by atoms with Crippen LogP contribution in [0.1, 0.15) is 17.3 Å². The van der Waals surface area contributed by atoms with Crippen LogP contribution in [0.25, 0.3) is 0 Å². The number of phenols is 1. The average molecular weight is 303 g/mol. The first-order valence-corrected chi connectivity index (χ1v) is 6.53. The van der Waals surface area contributed by atoms with Crippen molar-refractivity contribution in [3.8, 4) is 5.75 Å². The van der Waals surface area contributed by atoms with E-state index in [1.54, 1.807) is 18.2 Å². The Labute approximate surface area is 126 Å². The Bertz CT molecular complexity index is 702. The number of hydrogen-bond acceptors (Lipinski definition) is 4. The van der Waals surface area contributed by atoms with E-state index in [0.29, 0.717) is 0 Å². The Morgan fingerprint density at radius 3 is 2.45 bits per heavy atom. The van der Waals surface area contributed by atoms with Crippen molar-refractivity contribution < 1.29 is 23.8 Å². The number of aromatic hydroxyl groups is 1. The van der Waals surface area contributed by atoms with Gasteiger partial charge in [0.25, 0.3) is 5.91 Å². The standard InChI is InChI=1S/C16H14FNO4/c1-10(15(20)18-13-8-4-3-7-12(13)17)22-16(21)11-6-2-5-9-14(11)19/h2-10,19H,1H3,(H,18,20)/t10-/m0/s1. The van der Waals surface area contributed by atoms with Gasteiger partial charge in [0.2, 0.25) is 0 Å². The lowest BCUT2D eigenvalue weighted by atomic mass is 10.2. The fourth-order valence-corrected chi connectivity index (χ4v) is 1.72. The molecule has 2 N–H and O–H groups in total. The zero-order valence-corrected chi connectivity index (χ0v) is 11.7. The van der Waals surface area contributed by atoms with Crippen molar-refractivity contribution in [3.05, 3.63) is 59.9 Å². The van der Waals surface area contributed by atoms with E-state index in [0.717, 1.165) is 0 Å². The Morgan fingerprint density at radius 2 is 1.77 bits per heavy atom. The third-order valence-electron chi connectivity index (χ3n) is 2.91. The molecule has 0 radical (unpaired) electrons. The van der Waals surface area contributed by atoms with Crippen molar-refractivity contribution >= 4 is 17.6 Å². The van der Waals surface area contributed by atoms with Gasteiger partial charge in [-0.15, -0.1) is 0 Å². The van der Waals surface area contributed by atoms with E-state index in [9.17, 15) is 19.1 Å². The van der Waals surface area contributed by atoms with Gasteiger partial charge in [-0.25, -0.2) is 9.18 Å². The fraction of sp³-hybridized carbons (Fsp3) is 0.125. The molecule has 0 heterocycles. The highest BCUT2D eigenvalue weighted by molar-refractivity contribution is 5.98. The van der Waals surface area contributed by atoms with E-state index in [4.69, 9.17) is 4.74 Å². The largest absolute Gasteiger partial charge is 0.507 e. The molecule has 2 rings (SSSR count). The smallest absolute Gasteiger partial charge is 0.342 e. The highest BCUT2D eigenvalue weighted by Crippen LogP contribution is 2.18. The van der Waals surface area contributed by atoms with Crippen LogP contribution in [-0.4, -0.2) is 23.1 Å². The van der Waals surface area contributed by atoms with Crippen LogP contribution in [0.2, 0.25) is 0 Å². The zero-order valence-electron chi connectivity index (χ0n) is 11.7. The van der Waals surface area contributed by atoms with Crippen molar-refractivity contribution in [2.24, 2.45) is 0 Å². The molecule has 2 aromatic carbocycles. The molecule has 0 spiro atoms. The number of esters is 1. The number of phenolic OH excluding ortho intramolecular Hbond substituents is 1. The summed E-state index contributed by atoms with van der Waals surface area (Å²) < 4.78 is 18.4. The maximum atomic E-state index is 13.4. The second-order valence-corrected chi connectivity index (χ2v) is 4.53. The summed E-state index contributed by atoms with van der Waals surface area (Å²) >= 11 is 0. The first kappa shape index (κ1) is 15.5. The number of carbonyl (C=O) groups excluding carboxylic acids is 2. The molecule has 2 aromatic rings. The van der Waals surface area contributed by atoms with Gasteiger partial charge in [-0.2, -0.15) is 0 Å². The Morgan fingerprint density at radius 1 is 1.14 bits per heavy atom. The lowest BCUT2D eigenvalue weighted by molar-refractivity contribution is -0.123. The SMILES string of the molecule is C[C@H](OC(=O)c1ccccc1O)C(=O)Nc1ccccc1F. The first-order valence-electron chi connectivity index (χ1n) is 6.53. The first-order chi connectivity index (χ1) is 10.5. The van der Waals surface area contributed by atoms with Crippen LogP contribution in [0.15, 0.2) is 48.5 Å². The molecule has 0 saturated heterocycles. The van der Waals surface area contributed by atoms with Crippen molar-refractivity contribution in [3.63, 3.8) is 0 Å². The summed E-state index contributed by atoms with van der Waals surface area (Å²) in [5.41, 5.74) is -0.0500. The van der Waals surface area contributed by atoms with Crippen molar-refractivity contribution in [2.45, 2.75) is 13.0 Å². The highest BCUT2D eigenvalue weighted by atomic mass is 19.1. The van der Waals surface area contributed by atoms with E-state index < -0.39 is 23.8 Å². The maximum absolute atomic E-state index is 13.4. The van der Waals surface area contributed by atoms with Crippen molar-refractivity contribution in [1.29, 1.82) is 0 Å². The van der Waals surface area contributed by atoms with E-state index in [1.165, 1.54) is 37.3 Å². The minimum absolute atomic E-state index is 0.00189. The molecule has 0 saturated carbocycles. The average Bonchev–Trinajstić information content (AvgIpc) is 2.49. The maximum Gasteiger partial charge on any atom is 0.342 e. The van der Waals surface area contributed by atoms with Gasteiger partial charge in [-0.3, -0.25) is 4.79 Å². The molecule has 0 aliphatic rings. The number of halogens is 1. The topological polar surface area (TPSA) is 75.6 Å². The number of anilines is 1. The van der Waals surface area contributed by atoms with Gasteiger partial charge >= 0.3 is 5.97 Å². The molecule has 5 nitrogen and oxygen atoms in total. The fourth-order valence-electron chi connectivity index (χ4n) is 1.72. The Hall–Kier alpha value is -2.89. The van der Waals surface area contributed by atoms with Crippen LogP contribution >= 0.6 is 0 Å². The van der Waals surface area contributed by atoms with Gasteiger partial charge < -0.3 is 15.2 Å². The third kappa shape index (κ3) is 3.60. The van der Waals surface area contributed by atoms with Crippen LogP contribution < -0.4 is 5.32 Å². The van der Waals surface area contributed by atoms with Gasteiger partial charge in [0.05, 0.1) is 5.69 Å². The minimum atomic E-state index is -1.15. The molecule has 0 aliphatic heterocycles. The van der Waals surface area contributed by atoms with Gasteiger partial charge in [-0.05, 0) is 31.2 Å². The molecule has 6 heteroatoms. The molecule has 114 valence electrons. The molecular weight excluding hydrogens is 289 g/mol. The minimum Gasteiger partial charge on any atom is -0.507 e. The number of carbonyl (C=O) groups is 2. The monoisotopic (exact) mass is 303 g/mol. The van der Waals surface area contributed by atoms with E-state index >= 15 is 0 Å². The quantitative estimate of drug-likeness (QED) is 0.852. The third-order valence-corrected chi connectivity index (χ3v) is 2.91. The number of hydrogen-bond donors (Lipinski definition) is 2. The highest BCUT2D eigenvalue weighted by Gasteiger charge is 2.21. The summed E-state index contributed by atoms with van der Waals surface area (Å²) in [4.78, 5) is 23.8. The summed E-state index contributed by atoms with van der Waals surface area (Å²) in [7, 11) is 0. The van der Waals surface area contributed by atoms with E-state index in [1.807, 2.05) is 0 Å². The molecule has 0 bridgehead atoms. The predicted octanol–water partition coefficient (Wildman–Crippen LogP) is 2.72. The van der Waals surface area contributed by atoms with Gasteiger partial charge in [0, 0.05) is 0 Å². The van der Waals surface area contributed by atoms with Crippen LogP contribution in [0.5, 0.6) is 5.75 Å². The summed E-state index contributed by atoms with van der Waals surface area (Å²) in [6.45, 7) is 1.36. The summed E-state index contributed by atoms with van der Waals surface area (Å²) in [6, 6.07) is 11.5. The molecule has 0 fully saturated rings. The van der Waals surface area contributed by atoms with Crippen LogP contribution in [-0.2, 0) is 9.53 Å². The number of amides is 1. The van der Waals surface area contributed by atoms with Gasteiger partial charge in [-0.1, -0.05) is 24.3 Å². The summed E-state index contributed by atoms with van der Waals surface area (Å²) in [5, 5.41) is 11.9. The molecule has 0 unspecified atom stereocenters. The van der Waals surface area contributed by atoms with Crippen molar-refractivity contribution in [1.82, 2.24) is 0 Å². The second-order valence-electron chi connectivity index (χ2n) is 4.53. The number of benzene rings is 2. The lowest BCUT2D eigenvalue weighted by Gasteiger charge is -2.14. The van der Waals surface area contributed by atoms with Gasteiger partial charge in [0.1, 0.15) is 17.1 Å². The number of para-hydroxylation sites is 2. The van der Waals surface area contributed by atoms with E-state index in [2.05, 4.69) is 5.32 Å². The molecule has 0 aromatic heterocycles. The lowest BCUT2D eigenvalue weighted by Crippen LogP contribution is -2.30. The molecule has 0 aliphatic carbocycles. The second kappa shape index (κ2) is 6.71. The van der Waals surface area contributed by atoms with E-state index in [-0.39, 0.29) is 17.0 Å². The summed E-state index contributed by atoms with van der Waals surface area (Å²) in [6.07, 6.45) is -1.15.